The first-order chi connectivity index (χ1) is 12.9. The molecule has 2 fully saturated rings. The Bertz CT molecular complexity index is 563. The maximum Gasteiger partial charge on any atom is 0.303 e. The molecule has 2 saturated carbocycles. The van der Waals surface area contributed by atoms with Crippen molar-refractivity contribution < 1.29 is 24.9 Å². The van der Waals surface area contributed by atoms with Crippen LogP contribution in [0.2, 0.25) is 0 Å². The zero-order valence-electron chi connectivity index (χ0n) is 16.3. The third kappa shape index (κ3) is 6.58. The highest BCUT2D eigenvalue weighted by atomic mass is 16.4. The lowest BCUT2D eigenvalue weighted by Gasteiger charge is -2.26. The minimum atomic E-state index is -0.792. The zero-order chi connectivity index (χ0) is 19.9. The van der Waals surface area contributed by atoms with Gasteiger partial charge in [0.15, 0.2) is 0 Å². The van der Waals surface area contributed by atoms with Crippen molar-refractivity contribution in [3.63, 3.8) is 0 Å². The summed E-state index contributed by atoms with van der Waals surface area (Å²) < 4.78 is 0. The van der Waals surface area contributed by atoms with Gasteiger partial charge < -0.3 is 15.3 Å². The molecule has 0 saturated heterocycles. The molecule has 0 radical (unpaired) electrons. The molecule has 0 aromatic carbocycles. The topological polar surface area (TPSA) is 94.8 Å². The lowest BCUT2D eigenvalue weighted by atomic mass is 9.86. The maximum atomic E-state index is 12.3. The van der Waals surface area contributed by atoms with E-state index in [1.165, 1.54) is 0 Å². The van der Waals surface area contributed by atoms with Crippen LogP contribution in [0.3, 0.4) is 0 Å². The first-order valence-corrected chi connectivity index (χ1v) is 10.3. The van der Waals surface area contributed by atoms with Crippen molar-refractivity contribution in [1.82, 2.24) is 0 Å². The van der Waals surface area contributed by atoms with Crippen molar-refractivity contribution in [1.29, 1.82) is 0 Å². The van der Waals surface area contributed by atoms with Gasteiger partial charge >= 0.3 is 5.97 Å². The van der Waals surface area contributed by atoms with Gasteiger partial charge in [-0.3, -0.25) is 9.59 Å². The number of hydrogen-bond acceptors (Lipinski definition) is 4. The van der Waals surface area contributed by atoms with Gasteiger partial charge in [0.1, 0.15) is 5.78 Å². The van der Waals surface area contributed by atoms with Gasteiger partial charge in [0.05, 0.1) is 11.7 Å². The fraction of sp³-hybridized carbons (Fsp3) is 0.727. The number of aliphatic carboxylic acids is 1. The van der Waals surface area contributed by atoms with Crippen LogP contribution in [-0.2, 0) is 9.59 Å². The predicted octanol–water partition coefficient (Wildman–Crippen LogP) is 3.64. The predicted molar refractivity (Wildman–Crippen MR) is 104 cm³/mol. The minimum Gasteiger partial charge on any atom is -0.481 e. The number of ketones is 1. The van der Waals surface area contributed by atoms with Gasteiger partial charge in [-0.25, -0.2) is 0 Å². The number of aliphatic hydroxyl groups is 2. The quantitative estimate of drug-likeness (QED) is 0.356. The molecule has 5 nitrogen and oxygen atoms in total. The molecular formula is C22H34O5. The molecular weight excluding hydrogens is 344 g/mol. The van der Waals surface area contributed by atoms with Crippen molar-refractivity contribution in [3.05, 3.63) is 24.3 Å². The molecule has 0 aromatic heterocycles. The van der Waals surface area contributed by atoms with E-state index in [4.69, 9.17) is 5.11 Å². The molecule has 152 valence electrons. The molecule has 0 amide bonds. The number of hydrogen-bond donors (Lipinski definition) is 3. The lowest BCUT2D eigenvalue weighted by Crippen LogP contribution is -2.30. The molecule has 3 N–H and O–H groups in total. The standard InChI is InChI=1S/C22H34O5/c1-2-13-22(27,16-11-12-16)14-7-9-18-17(19(23)15-20(18)24)8-5-3-4-6-10-21(25)26/h3,5,7,9,16-19,23,27H,2,4,6,8,10-15H2,1H3,(H,25,26)/t17-,18-,19+,22?/m1/s1. The summed E-state index contributed by atoms with van der Waals surface area (Å²) in [6, 6.07) is 0. The summed E-state index contributed by atoms with van der Waals surface area (Å²) in [4.78, 5) is 22.8. The van der Waals surface area contributed by atoms with Gasteiger partial charge in [0.25, 0.3) is 0 Å². The first kappa shape index (κ1) is 21.8. The monoisotopic (exact) mass is 378 g/mol. The molecule has 5 heteroatoms. The first-order valence-electron chi connectivity index (χ1n) is 10.3. The smallest absolute Gasteiger partial charge is 0.303 e. The van der Waals surface area contributed by atoms with Crippen LogP contribution in [0, 0.1) is 17.8 Å². The highest BCUT2D eigenvalue weighted by Crippen LogP contribution is 2.44. The number of unbranched alkanes of at least 4 members (excludes halogenated alkanes) is 1. The molecule has 2 aliphatic rings. The molecule has 4 atom stereocenters. The summed E-state index contributed by atoms with van der Waals surface area (Å²) >= 11 is 0. The summed E-state index contributed by atoms with van der Waals surface area (Å²) in [5, 5.41) is 29.7. The second-order valence-corrected chi connectivity index (χ2v) is 8.18. The number of aliphatic hydroxyl groups excluding tert-OH is 1. The van der Waals surface area contributed by atoms with Gasteiger partial charge in [-0.15, -0.1) is 0 Å². The summed E-state index contributed by atoms with van der Waals surface area (Å²) in [5.74, 6) is -0.775. The van der Waals surface area contributed by atoms with E-state index in [1.807, 2.05) is 24.3 Å². The summed E-state index contributed by atoms with van der Waals surface area (Å²) in [5.41, 5.74) is -0.648. The van der Waals surface area contributed by atoms with E-state index in [9.17, 15) is 19.8 Å². The van der Waals surface area contributed by atoms with E-state index in [0.29, 0.717) is 31.6 Å². The Morgan fingerprint density at radius 2 is 2.00 bits per heavy atom. The summed E-state index contributed by atoms with van der Waals surface area (Å²) in [6.07, 6.45) is 13.8. The number of carboxylic acids is 1. The third-order valence-electron chi connectivity index (χ3n) is 5.91. The SMILES string of the molecule is CCCC(O)(CC=C[C@H]1C(=O)C[C@H](O)[C@@H]1CC=CCCCC(=O)O)C1CC1. The van der Waals surface area contributed by atoms with Crippen LogP contribution in [0.15, 0.2) is 24.3 Å². The fourth-order valence-electron chi connectivity index (χ4n) is 4.21. The molecule has 2 rings (SSSR count). The van der Waals surface area contributed by atoms with Crippen LogP contribution in [-0.4, -0.2) is 38.8 Å². The molecule has 1 unspecified atom stereocenters. The van der Waals surface area contributed by atoms with Crippen molar-refractivity contribution >= 4 is 11.8 Å². The number of carbonyl (C=O) groups excluding carboxylic acids is 1. The average Bonchev–Trinajstić information content (AvgIpc) is 3.41. The molecule has 27 heavy (non-hydrogen) atoms. The Kier molecular flexibility index (Phi) is 8.24. The minimum absolute atomic E-state index is 0.0634. The molecule has 0 aliphatic heterocycles. The summed E-state index contributed by atoms with van der Waals surface area (Å²) in [6.45, 7) is 2.08. The normalized spacial score (nSPS) is 28.3. The molecule has 0 bridgehead atoms. The van der Waals surface area contributed by atoms with E-state index in [1.54, 1.807) is 0 Å². The van der Waals surface area contributed by atoms with Crippen LogP contribution >= 0.6 is 0 Å². The Balaban J connectivity index is 1.87. The largest absolute Gasteiger partial charge is 0.481 e. The third-order valence-corrected chi connectivity index (χ3v) is 5.91. The van der Waals surface area contributed by atoms with E-state index >= 15 is 0 Å². The van der Waals surface area contributed by atoms with E-state index in [0.717, 1.165) is 25.7 Å². The van der Waals surface area contributed by atoms with Crippen molar-refractivity contribution in [2.24, 2.45) is 17.8 Å². The summed E-state index contributed by atoms with van der Waals surface area (Å²) in [7, 11) is 0. The Morgan fingerprint density at radius 3 is 2.63 bits per heavy atom. The lowest BCUT2D eigenvalue weighted by molar-refractivity contribution is -0.137. The molecule has 0 spiro atoms. The van der Waals surface area contributed by atoms with Crippen molar-refractivity contribution in [2.45, 2.75) is 82.8 Å². The Hall–Kier alpha value is -1.46. The second kappa shape index (κ2) is 10.2. The van der Waals surface area contributed by atoms with Crippen LogP contribution in [0.5, 0.6) is 0 Å². The number of rotatable bonds is 12. The maximum absolute atomic E-state index is 12.3. The molecule has 0 aromatic rings. The number of carbonyl (C=O) groups is 2. The molecule has 0 heterocycles. The fourth-order valence-corrected chi connectivity index (χ4v) is 4.21. The second-order valence-electron chi connectivity index (χ2n) is 8.18. The van der Waals surface area contributed by atoms with E-state index in [2.05, 4.69) is 6.92 Å². The Morgan fingerprint density at radius 1 is 1.26 bits per heavy atom. The number of carboxylic acid groups (broad SMARTS) is 1. The van der Waals surface area contributed by atoms with Gasteiger partial charge in [-0.2, -0.15) is 0 Å². The van der Waals surface area contributed by atoms with Crippen LogP contribution in [0.1, 0.15) is 71.1 Å². The van der Waals surface area contributed by atoms with Gasteiger partial charge in [0.2, 0.25) is 0 Å². The Labute approximate surface area is 162 Å². The number of Topliss-reactive ketones (excluding diaryl/α,β-unsaturated/α-hetero) is 1. The average molecular weight is 379 g/mol. The van der Waals surface area contributed by atoms with Crippen molar-refractivity contribution in [2.75, 3.05) is 0 Å². The molecule has 2 aliphatic carbocycles. The van der Waals surface area contributed by atoms with Gasteiger partial charge in [-0.05, 0) is 50.9 Å². The zero-order valence-corrected chi connectivity index (χ0v) is 16.3. The van der Waals surface area contributed by atoms with E-state index < -0.39 is 17.7 Å². The van der Waals surface area contributed by atoms with Crippen LogP contribution < -0.4 is 0 Å². The van der Waals surface area contributed by atoms with Gasteiger partial charge in [0, 0.05) is 24.7 Å². The van der Waals surface area contributed by atoms with Crippen LogP contribution in [0.25, 0.3) is 0 Å². The van der Waals surface area contributed by atoms with Gasteiger partial charge in [-0.1, -0.05) is 37.6 Å². The van der Waals surface area contributed by atoms with Crippen molar-refractivity contribution in [3.8, 4) is 0 Å². The van der Waals surface area contributed by atoms with Crippen LogP contribution in [0.4, 0.5) is 0 Å². The highest BCUT2D eigenvalue weighted by molar-refractivity contribution is 5.86. The number of allylic oxidation sites excluding steroid dienone is 3. The van der Waals surface area contributed by atoms with E-state index in [-0.39, 0.29) is 30.5 Å². The highest BCUT2D eigenvalue weighted by Gasteiger charge is 2.42.